The maximum Gasteiger partial charge on any atom is 0.170 e. The van der Waals surface area contributed by atoms with E-state index >= 15 is 0 Å². The van der Waals surface area contributed by atoms with Crippen molar-refractivity contribution >= 4 is 5.69 Å². The van der Waals surface area contributed by atoms with E-state index in [1.54, 1.807) is 12.1 Å². The Morgan fingerprint density at radius 3 is 2.58 bits per heavy atom. The molecule has 1 aliphatic heterocycles. The quantitative estimate of drug-likeness (QED) is 0.887. The van der Waals surface area contributed by atoms with Gasteiger partial charge in [-0.25, -0.2) is 0 Å². The SMILES string of the molecule is CCC(N(CC)CC)N1c2ccc(O)cc2OC1C. The van der Waals surface area contributed by atoms with Gasteiger partial charge in [-0.3, -0.25) is 4.90 Å². The Balaban J connectivity index is 2.34. The molecule has 1 aliphatic rings. The van der Waals surface area contributed by atoms with Crippen LogP contribution in [0.5, 0.6) is 11.5 Å². The third-order valence-electron chi connectivity index (χ3n) is 3.83. The molecule has 2 rings (SSSR count). The van der Waals surface area contributed by atoms with Gasteiger partial charge in [-0.05, 0) is 38.6 Å². The maximum absolute atomic E-state index is 9.56. The fraction of sp³-hybridized carbons (Fsp3) is 0.600. The summed E-state index contributed by atoms with van der Waals surface area (Å²) in [7, 11) is 0. The minimum atomic E-state index is 0.00218. The van der Waals surface area contributed by atoms with Crippen LogP contribution >= 0.6 is 0 Å². The molecule has 0 radical (unpaired) electrons. The highest BCUT2D eigenvalue weighted by Crippen LogP contribution is 2.41. The first-order chi connectivity index (χ1) is 9.12. The molecule has 1 aromatic carbocycles. The number of benzene rings is 1. The lowest BCUT2D eigenvalue weighted by atomic mass is 10.2. The normalized spacial score (nSPS) is 19.4. The molecule has 0 spiro atoms. The van der Waals surface area contributed by atoms with Gasteiger partial charge in [0.25, 0.3) is 0 Å². The molecule has 0 bridgehead atoms. The molecule has 4 nitrogen and oxygen atoms in total. The zero-order valence-electron chi connectivity index (χ0n) is 12.3. The predicted molar refractivity (Wildman–Crippen MR) is 77.7 cm³/mol. The van der Waals surface area contributed by atoms with Crippen LogP contribution < -0.4 is 9.64 Å². The summed E-state index contributed by atoms with van der Waals surface area (Å²) in [5, 5.41) is 9.56. The monoisotopic (exact) mass is 264 g/mol. The third-order valence-corrected chi connectivity index (χ3v) is 3.83. The second-order valence-corrected chi connectivity index (χ2v) is 4.89. The van der Waals surface area contributed by atoms with Crippen molar-refractivity contribution in [3.05, 3.63) is 18.2 Å². The fourth-order valence-corrected chi connectivity index (χ4v) is 2.93. The van der Waals surface area contributed by atoms with Crippen molar-refractivity contribution in [2.24, 2.45) is 0 Å². The zero-order chi connectivity index (χ0) is 14.0. The molecule has 106 valence electrons. The summed E-state index contributed by atoms with van der Waals surface area (Å²) in [5.74, 6) is 1.03. The summed E-state index contributed by atoms with van der Waals surface area (Å²) in [5.41, 5.74) is 1.07. The van der Waals surface area contributed by atoms with Gasteiger partial charge in [0.05, 0.1) is 11.9 Å². The van der Waals surface area contributed by atoms with E-state index in [4.69, 9.17) is 4.74 Å². The van der Waals surface area contributed by atoms with Crippen LogP contribution in [0.2, 0.25) is 0 Å². The Labute approximate surface area is 115 Å². The highest BCUT2D eigenvalue weighted by atomic mass is 16.5. The van der Waals surface area contributed by atoms with Crippen molar-refractivity contribution in [2.75, 3.05) is 18.0 Å². The van der Waals surface area contributed by atoms with Gasteiger partial charge in [-0.2, -0.15) is 0 Å². The molecule has 1 heterocycles. The van der Waals surface area contributed by atoms with Crippen molar-refractivity contribution in [1.82, 2.24) is 4.90 Å². The van der Waals surface area contributed by atoms with Crippen LogP contribution in [-0.2, 0) is 0 Å². The van der Waals surface area contributed by atoms with Gasteiger partial charge >= 0.3 is 0 Å². The van der Waals surface area contributed by atoms with Crippen LogP contribution in [0, 0.1) is 0 Å². The van der Waals surface area contributed by atoms with E-state index in [2.05, 4.69) is 37.5 Å². The number of phenolic OH excluding ortho intramolecular Hbond substituents is 1. The second-order valence-electron chi connectivity index (χ2n) is 4.89. The molecule has 1 aromatic rings. The van der Waals surface area contributed by atoms with E-state index in [-0.39, 0.29) is 12.0 Å². The first-order valence-corrected chi connectivity index (χ1v) is 7.14. The number of phenols is 1. The number of ether oxygens (including phenoxy) is 1. The number of hydrogen-bond donors (Lipinski definition) is 1. The summed E-state index contributed by atoms with van der Waals surface area (Å²) in [6, 6.07) is 5.36. The first kappa shape index (κ1) is 14.0. The van der Waals surface area contributed by atoms with Crippen LogP contribution in [0.15, 0.2) is 18.2 Å². The lowest BCUT2D eigenvalue weighted by Crippen LogP contribution is -2.51. The molecular formula is C15H24N2O2. The number of nitrogens with zero attached hydrogens (tertiary/aromatic N) is 2. The van der Waals surface area contributed by atoms with E-state index in [1.807, 2.05) is 6.07 Å². The van der Waals surface area contributed by atoms with E-state index in [9.17, 15) is 5.11 Å². The molecule has 0 saturated heterocycles. The second kappa shape index (κ2) is 5.70. The van der Waals surface area contributed by atoms with Crippen molar-refractivity contribution in [2.45, 2.75) is 46.5 Å². The molecule has 2 atom stereocenters. The average molecular weight is 264 g/mol. The molecular weight excluding hydrogens is 240 g/mol. The molecule has 2 unspecified atom stereocenters. The third kappa shape index (κ3) is 2.50. The number of hydrogen-bond acceptors (Lipinski definition) is 4. The Morgan fingerprint density at radius 2 is 2.00 bits per heavy atom. The lowest BCUT2D eigenvalue weighted by Gasteiger charge is -2.38. The van der Waals surface area contributed by atoms with Crippen molar-refractivity contribution in [3.63, 3.8) is 0 Å². The topological polar surface area (TPSA) is 35.9 Å². The molecule has 0 fully saturated rings. The van der Waals surface area contributed by atoms with Gasteiger partial charge in [0.1, 0.15) is 11.5 Å². The minimum absolute atomic E-state index is 0.00218. The van der Waals surface area contributed by atoms with Crippen molar-refractivity contribution in [1.29, 1.82) is 0 Å². The Kier molecular flexibility index (Phi) is 4.20. The van der Waals surface area contributed by atoms with Crippen LogP contribution in [-0.4, -0.2) is 35.5 Å². The Bertz CT molecular complexity index is 432. The smallest absolute Gasteiger partial charge is 0.170 e. The maximum atomic E-state index is 9.56. The highest BCUT2D eigenvalue weighted by Gasteiger charge is 2.34. The van der Waals surface area contributed by atoms with E-state index in [1.165, 1.54) is 0 Å². The molecule has 0 aromatic heterocycles. The molecule has 0 aliphatic carbocycles. The molecule has 0 saturated carbocycles. The number of anilines is 1. The van der Waals surface area contributed by atoms with Gasteiger partial charge < -0.3 is 14.7 Å². The van der Waals surface area contributed by atoms with Crippen LogP contribution in [0.25, 0.3) is 0 Å². The van der Waals surface area contributed by atoms with Crippen molar-refractivity contribution in [3.8, 4) is 11.5 Å². The van der Waals surface area contributed by atoms with Crippen LogP contribution in [0.3, 0.4) is 0 Å². The van der Waals surface area contributed by atoms with E-state index in [0.29, 0.717) is 6.17 Å². The largest absolute Gasteiger partial charge is 0.508 e. The van der Waals surface area contributed by atoms with Crippen LogP contribution in [0.4, 0.5) is 5.69 Å². The molecule has 4 heteroatoms. The van der Waals surface area contributed by atoms with Gasteiger partial charge in [-0.15, -0.1) is 0 Å². The van der Waals surface area contributed by atoms with Gasteiger partial charge in [-0.1, -0.05) is 20.8 Å². The van der Waals surface area contributed by atoms with Gasteiger partial charge in [0.2, 0.25) is 0 Å². The fourth-order valence-electron chi connectivity index (χ4n) is 2.93. The summed E-state index contributed by atoms with van der Waals surface area (Å²) in [4.78, 5) is 4.74. The van der Waals surface area contributed by atoms with E-state index < -0.39 is 0 Å². The van der Waals surface area contributed by atoms with Crippen molar-refractivity contribution < 1.29 is 9.84 Å². The number of fused-ring (bicyclic) bond motifs is 1. The first-order valence-electron chi connectivity index (χ1n) is 7.14. The molecule has 19 heavy (non-hydrogen) atoms. The Hall–Kier alpha value is -1.42. The lowest BCUT2D eigenvalue weighted by molar-refractivity contribution is 0.153. The van der Waals surface area contributed by atoms with Gasteiger partial charge in [0.15, 0.2) is 6.23 Å². The average Bonchev–Trinajstić information content (AvgIpc) is 2.71. The molecule has 1 N–H and O–H groups in total. The molecule has 0 amide bonds. The van der Waals surface area contributed by atoms with E-state index in [0.717, 1.165) is 30.9 Å². The summed E-state index contributed by atoms with van der Waals surface area (Å²) in [6.45, 7) is 10.7. The summed E-state index contributed by atoms with van der Waals surface area (Å²) < 4.78 is 5.86. The zero-order valence-corrected chi connectivity index (χ0v) is 12.3. The number of aromatic hydroxyl groups is 1. The standard InChI is InChI=1S/C15H24N2O2/c1-5-15(16(6-2)7-3)17-11(4)19-14-10-12(18)8-9-13(14)17/h8-11,15,18H,5-7H2,1-4H3. The Morgan fingerprint density at radius 1 is 1.32 bits per heavy atom. The summed E-state index contributed by atoms with van der Waals surface area (Å²) in [6.07, 6.45) is 1.37. The van der Waals surface area contributed by atoms with Gasteiger partial charge in [0, 0.05) is 6.07 Å². The predicted octanol–water partition coefficient (Wildman–Crippen LogP) is 3.01. The highest BCUT2D eigenvalue weighted by molar-refractivity contribution is 5.64. The summed E-state index contributed by atoms with van der Waals surface area (Å²) >= 11 is 0. The number of rotatable bonds is 5. The minimum Gasteiger partial charge on any atom is -0.508 e. The van der Waals surface area contributed by atoms with Crippen LogP contribution in [0.1, 0.15) is 34.1 Å².